The van der Waals surface area contributed by atoms with Gasteiger partial charge >= 0.3 is 5.69 Å². The molecule has 8 nitrogen and oxygen atoms in total. The van der Waals surface area contributed by atoms with Crippen LogP contribution in [0.5, 0.6) is 5.75 Å². The highest BCUT2D eigenvalue weighted by Crippen LogP contribution is 2.30. The Bertz CT molecular complexity index is 666. The van der Waals surface area contributed by atoms with E-state index in [1.54, 1.807) is 16.8 Å². The fourth-order valence-corrected chi connectivity index (χ4v) is 2.19. The topological polar surface area (TPSA) is 109 Å². The first-order chi connectivity index (χ1) is 9.99. The summed E-state index contributed by atoms with van der Waals surface area (Å²) >= 11 is 0. The minimum absolute atomic E-state index is 0.116. The number of methoxy groups -OCH3 is 1. The second-order valence-corrected chi connectivity index (χ2v) is 4.81. The molecule has 0 aliphatic heterocycles. The van der Waals surface area contributed by atoms with Crippen LogP contribution in [-0.2, 0) is 6.54 Å². The van der Waals surface area contributed by atoms with Crippen LogP contribution in [-0.4, -0.2) is 27.0 Å². The van der Waals surface area contributed by atoms with E-state index in [0.717, 1.165) is 5.69 Å². The van der Waals surface area contributed by atoms with E-state index in [9.17, 15) is 10.1 Å². The Morgan fingerprint density at radius 1 is 1.48 bits per heavy atom. The largest absolute Gasteiger partial charge is 0.490 e. The highest BCUT2D eigenvalue weighted by molar-refractivity contribution is 5.53. The average molecular weight is 291 g/mol. The van der Waals surface area contributed by atoms with Crippen LogP contribution < -0.4 is 10.5 Å². The smallest absolute Gasteiger partial charge is 0.313 e. The summed E-state index contributed by atoms with van der Waals surface area (Å²) < 4.78 is 6.58. The van der Waals surface area contributed by atoms with Gasteiger partial charge in [0, 0.05) is 12.6 Å². The van der Waals surface area contributed by atoms with Gasteiger partial charge in [0.15, 0.2) is 5.75 Å². The zero-order chi connectivity index (χ0) is 15.6. The molecule has 0 saturated heterocycles. The molecule has 0 bridgehead atoms. The van der Waals surface area contributed by atoms with E-state index >= 15 is 0 Å². The predicted octanol–water partition coefficient (Wildman–Crippen LogP) is 1.77. The molecule has 0 aliphatic rings. The summed E-state index contributed by atoms with van der Waals surface area (Å²) in [5.74, 6) is 0.341. The summed E-state index contributed by atoms with van der Waals surface area (Å²) in [4.78, 5) is 10.6. The number of ether oxygens (including phenoxy) is 1. The third-order valence-corrected chi connectivity index (χ3v) is 3.12. The van der Waals surface area contributed by atoms with Crippen molar-refractivity contribution in [2.45, 2.75) is 26.3 Å². The van der Waals surface area contributed by atoms with Crippen molar-refractivity contribution in [1.82, 2.24) is 15.0 Å². The maximum atomic E-state index is 11.1. The molecular formula is C13H17N5O3. The highest BCUT2D eigenvalue weighted by atomic mass is 16.6. The van der Waals surface area contributed by atoms with Gasteiger partial charge in [-0.05, 0) is 18.1 Å². The van der Waals surface area contributed by atoms with Crippen molar-refractivity contribution in [1.29, 1.82) is 0 Å². The lowest BCUT2D eigenvalue weighted by molar-refractivity contribution is -0.385. The van der Waals surface area contributed by atoms with Gasteiger partial charge in [0.1, 0.15) is 5.69 Å². The Balaban J connectivity index is 2.60. The first-order valence-corrected chi connectivity index (χ1v) is 6.47. The fraction of sp³-hybridized carbons (Fsp3) is 0.385. The number of nitrogens with zero attached hydrogens (tertiary/aromatic N) is 4. The number of aromatic nitrogens is 3. The van der Waals surface area contributed by atoms with Crippen LogP contribution in [0.15, 0.2) is 18.2 Å². The van der Waals surface area contributed by atoms with Gasteiger partial charge in [0.05, 0.1) is 23.4 Å². The summed E-state index contributed by atoms with van der Waals surface area (Å²) in [6.45, 7) is 4.25. The van der Waals surface area contributed by atoms with E-state index in [4.69, 9.17) is 10.5 Å². The molecule has 0 fully saturated rings. The van der Waals surface area contributed by atoms with E-state index in [-0.39, 0.29) is 23.9 Å². The van der Waals surface area contributed by atoms with Gasteiger partial charge in [0.25, 0.3) is 0 Å². The van der Waals surface area contributed by atoms with Crippen molar-refractivity contribution in [3.63, 3.8) is 0 Å². The number of nitro benzene ring substituents is 1. The molecule has 112 valence electrons. The van der Waals surface area contributed by atoms with Gasteiger partial charge in [-0.25, -0.2) is 4.68 Å². The molecule has 0 amide bonds. The highest BCUT2D eigenvalue weighted by Gasteiger charge is 2.20. The molecule has 0 atom stereocenters. The molecule has 0 aliphatic carbocycles. The Morgan fingerprint density at radius 2 is 2.19 bits per heavy atom. The van der Waals surface area contributed by atoms with Gasteiger partial charge in [-0.15, -0.1) is 5.10 Å². The normalized spacial score (nSPS) is 10.9. The van der Waals surface area contributed by atoms with Crippen LogP contribution in [0, 0.1) is 10.1 Å². The van der Waals surface area contributed by atoms with E-state index < -0.39 is 4.92 Å². The number of hydrogen-bond donors (Lipinski definition) is 1. The van der Waals surface area contributed by atoms with Crippen LogP contribution in [0.4, 0.5) is 5.69 Å². The molecule has 1 aromatic heterocycles. The summed E-state index contributed by atoms with van der Waals surface area (Å²) in [6.07, 6.45) is 0. The van der Waals surface area contributed by atoms with E-state index in [0.29, 0.717) is 11.4 Å². The Hall–Kier alpha value is -2.48. The summed E-state index contributed by atoms with van der Waals surface area (Å²) in [6, 6.07) is 4.66. The molecule has 8 heteroatoms. The molecule has 0 saturated carbocycles. The Labute approximate surface area is 121 Å². The molecular weight excluding hydrogens is 274 g/mol. The SMILES string of the molecule is COc1ccc(-n2nnc(CN)c2C(C)C)cc1[N+](=O)[O-]. The third kappa shape index (κ3) is 2.70. The van der Waals surface area contributed by atoms with Gasteiger partial charge in [-0.3, -0.25) is 10.1 Å². The number of hydrogen-bond acceptors (Lipinski definition) is 6. The first kappa shape index (κ1) is 14.9. The molecule has 0 radical (unpaired) electrons. The predicted molar refractivity (Wildman–Crippen MR) is 76.5 cm³/mol. The third-order valence-electron chi connectivity index (χ3n) is 3.12. The molecule has 2 rings (SSSR count). The standard InChI is InChI=1S/C13H17N5O3/c1-8(2)13-10(7-14)15-16-17(13)9-4-5-12(21-3)11(6-9)18(19)20/h4-6,8H,7,14H2,1-3H3. The fourth-order valence-electron chi connectivity index (χ4n) is 2.19. The maximum absolute atomic E-state index is 11.1. The van der Waals surface area contributed by atoms with Crippen molar-refractivity contribution in [2.75, 3.05) is 7.11 Å². The summed E-state index contributed by atoms with van der Waals surface area (Å²) in [7, 11) is 1.39. The second-order valence-electron chi connectivity index (χ2n) is 4.81. The van der Waals surface area contributed by atoms with Crippen molar-refractivity contribution in [3.05, 3.63) is 39.7 Å². The molecule has 2 aromatic rings. The Kier molecular flexibility index (Phi) is 4.18. The van der Waals surface area contributed by atoms with Crippen molar-refractivity contribution in [3.8, 4) is 11.4 Å². The first-order valence-electron chi connectivity index (χ1n) is 6.47. The number of nitro groups is 1. The van der Waals surface area contributed by atoms with Crippen LogP contribution in [0.2, 0.25) is 0 Å². The van der Waals surface area contributed by atoms with Gasteiger partial charge < -0.3 is 10.5 Å². The van der Waals surface area contributed by atoms with Crippen LogP contribution in [0.3, 0.4) is 0 Å². The lowest BCUT2D eigenvalue weighted by Crippen LogP contribution is -2.08. The molecule has 21 heavy (non-hydrogen) atoms. The van der Waals surface area contributed by atoms with Crippen LogP contribution in [0.1, 0.15) is 31.2 Å². The van der Waals surface area contributed by atoms with Gasteiger partial charge in [-0.2, -0.15) is 0 Å². The van der Waals surface area contributed by atoms with Crippen LogP contribution in [0.25, 0.3) is 5.69 Å². The van der Waals surface area contributed by atoms with E-state index in [1.807, 2.05) is 13.8 Å². The van der Waals surface area contributed by atoms with Crippen molar-refractivity contribution >= 4 is 5.69 Å². The molecule has 1 aromatic carbocycles. The van der Waals surface area contributed by atoms with Gasteiger partial charge in [-0.1, -0.05) is 19.1 Å². The van der Waals surface area contributed by atoms with Gasteiger partial charge in [0.2, 0.25) is 0 Å². The number of rotatable bonds is 5. The summed E-state index contributed by atoms with van der Waals surface area (Å²) in [5, 5.41) is 19.2. The second kappa shape index (κ2) is 5.88. The molecule has 2 N–H and O–H groups in total. The van der Waals surface area contributed by atoms with Crippen molar-refractivity contribution in [2.24, 2.45) is 5.73 Å². The zero-order valence-electron chi connectivity index (χ0n) is 12.1. The molecule has 0 unspecified atom stereocenters. The number of benzene rings is 1. The minimum atomic E-state index is -0.488. The quantitative estimate of drug-likeness (QED) is 0.664. The molecule has 0 spiro atoms. The number of nitrogens with two attached hydrogens (primary N) is 1. The maximum Gasteiger partial charge on any atom is 0.313 e. The van der Waals surface area contributed by atoms with Crippen molar-refractivity contribution < 1.29 is 9.66 Å². The van der Waals surface area contributed by atoms with E-state index in [2.05, 4.69) is 10.3 Å². The average Bonchev–Trinajstić information content (AvgIpc) is 2.90. The van der Waals surface area contributed by atoms with Crippen LogP contribution >= 0.6 is 0 Å². The molecule has 1 heterocycles. The minimum Gasteiger partial charge on any atom is -0.490 e. The monoisotopic (exact) mass is 291 g/mol. The van der Waals surface area contributed by atoms with E-state index in [1.165, 1.54) is 13.2 Å². The lowest BCUT2D eigenvalue weighted by atomic mass is 10.1. The lowest BCUT2D eigenvalue weighted by Gasteiger charge is -2.11. The Morgan fingerprint density at radius 3 is 2.71 bits per heavy atom. The zero-order valence-corrected chi connectivity index (χ0v) is 12.1. The summed E-state index contributed by atoms with van der Waals surface area (Å²) in [5.41, 5.74) is 7.63.